The first-order valence-electron chi connectivity index (χ1n) is 7.82. The van der Waals surface area contributed by atoms with E-state index in [2.05, 4.69) is 38.1 Å². The van der Waals surface area contributed by atoms with Crippen molar-refractivity contribution in [3.63, 3.8) is 0 Å². The summed E-state index contributed by atoms with van der Waals surface area (Å²) >= 11 is 0. The molecule has 128 valence electrons. The van der Waals surface area contributed by atoms with Crippen LogP contribution in [-0.2, 0) is 10.0 Å². The van der Waals surface area contributed by atoms with Crippen molar-refractivity contribution in [1.82, 2.24) is 24.2 Å². The van der Waals surface area contributed by atoms with Gasteiger partial charge in [-0.25, -0.2) is 23.1 Å². The minimum Gasteiger partial charge on any atom is -0.342 e. The molecule has 0 aliphatic rings. The van der Waals surface area contributed by atoms with Crippen molar-refractivity contribution in [2.24, 2.45) is 0 Å². The van der Waals surface area contributed by atoms with Crippen LogP contribution in [0.3, 0.4) is 0 Å². The van der Waals surface area contributed by atoms with E-state index in [4.69, 9.17) is 0 Å². The van der Waals surface area contributed by atoms with E-state index in [9.17, 15) is 8.42 Å². The van der Waals surface area contributed by atoms with Crippen molar-refractivity contribution in [3.8, 4) is 11.5 Å². The first-order chi connectivity index (χ1) is 11.3. The van der Waals surface area contributed by atoms with Crippen LogP contribution in [0.5, 0.6) is 0 Å². The lowest BCUT2D eigenvalue weighted by atomic mass is 10.3. The van der Waals surface area contributed by atoms with Crippen LogP contribution in [0.25, 0.3) is 22.6 Å². The van der Waals surface area contributed by atoms with Crippen molar-refractivity contribution in [1.29, 1.82) is 0 Å². The summed E-state index contributed by atoms with van der Waals surface area (Å²) in [7, 11) is -3.55. The maximum Gasteiger partial charge on any atom is 0.240 e. The van der Waals surface area contributed by atoms with E-state index in [0.29, 0.717) is 5.52 Å². The van der Waals surface area contributed by atoms with E-state index in [1.807, 2.05) is 0 Å². The second kappa shape index (κ2) is 6.03. The molecule has 0 radical (unpaired) electrons. The van der Waals surface area contributed by atoms with Gasteiger partial charge in [-0.3, -0.25) is 0 Å². The highest BCUT2D eigenvalue weighted by Gasteiger charge is 2.20. The molecule has 0 atom stereocenters. The van der Waals surface area contributed by atoms with Gasteiger partial charge in [0.2, 0.25) is 10.0 Å². The summed E-state index contributed by atoms with van der Waals surface area (Å²) in [5.41, 5.74) is 2.32. The van der Waals surface area contributed by atoms with Crippen molar-refractivity contribution >= 4 is 21.1 Å². The maximum absolute atomic E-state index is 12.4. The van der Waals surface area contributed by atoms with Crippen LogP contribution in [0.15, 0.2) is 35.6 Å². The maximum atomic E-state index is 12.4. The highest BCUT2D eigenvalue weighted by molar-refractivity contribution is 7.89. The van der Waals surface area contributed by atoms with Crippen molar-refractivity contribution in [2.45, 2.75) is 44.7 Å². The number of benzene rings is 1. The van der Waals surface area contributed by atoms with Gasteiger partial charge in [0.25, 0.3) is 0 Å². The zero-order valence-electron chi connectivity index (χ0n) is 14.1. The number of rotatable bonds is 5. The van der Waals surface area contributed by atoms with E-state index < -0.39 is 10.0 Å². The van der Waals surface area contributed by atoms with Crippen LogP contribution in [0.4, 0.5) is 0 Å². The molecule has 0 amide bonds. The number of fused-ring (bicyclic) bond motifs is 1. The Morgan fingerprint density at radius 3 is 2.54 bits per heavy atom. The Morgan fingerprint density at radius 2 is 1.96 bits per heavy atom. The molecule has 7 nitrogen and oxygen atoms in total. The van der Waals surface area contributed by atoms with Crippen LogP contribution in [0.1, 0.15) is 33.7 Å². The average molecular weight is 347 g/mol. The fourth-order valence-corrected chi connectivity index (χ4v) is 3.99. The Bertz CT molecular complexity index is 956. The fraction of sp³-hybridized carbons (Fsp3) is 0.375. The van der Waals surface area contributed by atoms with E-state index >= 15 is 0 Å². The quantitative estimate of drug-likeness (QED) is 0.742. The summed E-state index contributed by atoms with van der Waals surface area (Å²) in [6, 6.07) is 5.03. The number of nitrogens with one attached hydrogen (secondary N) is 2. The summed E-state index contributed by atoms with van der Waals surface area (Å²) in [4.78, 5) is 11.9. The first kappa shape index (κ1) is 16.7. The molecule has 0 saturated heterocycles. The van der Waals surface area contributed by atoms with Crippen LogP contribution >= 0.6 is 0 Å². The normalized spacial score (nSPS) is 12.6. The van der Waals surface area contributed by atoms with E-state index in [1.54, 1.807) is 44.6 Å². The van der Waals surface area contributed by atoms with E-state index in [-0.39, 0.29) is 17.0 Å². The fourth-order valence-electron chi connectivity index (χ4n) is 2.71. The van der Waals surface area contributed by atoms with Gasteiger partial charge in [-0.2, -0.15) is 0 Å². The minimum absolute atomic E-state index is 0.167. The summed E-state index contributed by atoms with van der Waals surface area (Å²) in [6.07, 6.45) is 3.31. The first-order valence-corrected chi connectivity index (χ1v) is 9.31. The molecule has 0 aliphatic heterocycles. The molecule has 8 heteroatoms. The summed E-state index contributed by atoms with van der Waals surface area (Å²) in [6.45, 7) is 7.71. The molecule has 0 aliphatic carbocycles. The number of hydrogen-bond donors (Lipinski definition) is 2. The van der Waals surface area contributed by atoms with Crippen molar-refractivity contribution in [3.05, 3.63) is 30.7 Å². The SMILES string of the molecule is CC(C)NS(=O)(=O)c1ccc2c(c1)nc(-c1cnc[nH]1)n2C(C)C. The molecular formula is C16H21N5O2S. The largest absolute Gasteiger partial charge is 0.342 e. The standard InChI is InChI=1S/C16H21N5O2S/c1-10(2)20-24(22,23)12-5-6-15-13(7-12)19-16(21(15)11(3)4)14-8-17-9-18-14/h5-11,20H,1-4H3,(H,17,18). The van der Waals surface area contributed by atoms with Crippen molar-refractivity contribution < 1.29 is 8.42 Å². The molecule has 0 spiro atoms. The number of imidazole rings is 2. The van der Waals surface area contributed by atoms with Crippen LogP contribution in [0, 0.1) is 0 Å². The van der Waals surface area contributed by atoms with E-state index in [1.165, 1.54) is 0 Å². The van der Waals surface area contributed by atoms with Gasteiger partial charge >= 0.3 is 0 Å². The predicted molar refractivity (Wildman–Crippen MR) is 93.2 cm³/mol. The van der Waals surface area contributed by atoms with Gasteiger partial charge in [0.15, 0.2) is 5.82 Å². The molecule has 24 heavy (non-hydrogen) atoms. The Hall–Kier alpha value is -2.19. The number of hydrogen-bond acceptors (Lipinski definition) is 4. The Kier molecular flexibility index (Phi) is 4.18. The third-order valence-corrected chi connectivity index (χ3v) is 5.27. The number of nitrogens with zero attached hydrogens (tertiary/aromatic N) is 3. The third kappa shape index (κ3) is 2.94. The van der Waals surface area contributed by atoms with Crippen LogP contribution in [0.2, 0.25) is 0 Å². The molecule has 2 aromatic heterocycles. The molecule has 2 heterocycles. The lowest BCUT2D eigenvalue weighted by Crippen LogP contribution is -2.30. The summed E-state index contributed by atoms with van der Waals surface area (Å²) < 4.78 is 29.4. The topological polar surface area (TPSA) is 92.7 Å². The number of sulfonamides is 1. The molecule has 3 aromatic rings. The monoisotopic (exact) mass is 347 g/mol. The Morgan fingerprint density at radius 1 is 1.21 bits per heavy atom. The van der Waals surface area contributed by atoms with Gasteiger partial charge in [-0.05, 0) is 45.9 Å². The van der Waals surface area contributed by atoms with Gasteiger partial charge in [-0.15, -0.1) is 0 Å². The highest BCUT2D eigenvalue weighted by atomic mass is 32.2. The zero-order valence-corrected chi connectivity index (χ0v) is 14.9. The molecule has 3 rings (SSSR count). The van der Waals surface area contributed by atoms with Gasteiger partial charge in [0, 0.05) is 12.1 Å². The van der Waals surface area contributed by atoms with E-state index in [0.717, 1.165) is 17.0 Å². The van der Waals surface area contributed by atoms with Gasteiger partial charge in [0.05, 0.1) is 28.5 Å². The smallest absolute Gasteiger partial charge is 0.240 e. The zero-order chi connectivity index (χ0) is 17.5. The van der Waals surface area contributed by atoms with Gasteiger partial charge in [0.1, 0.15) is 5.69 Å². The second-order valence-corrected chi connectivity index (χ2v) is 8.00. The lowest BCUT2D eigenvalue weighted by Gasteiger charge is -2.12. The second-order valence-electron chi connectivity index (χ2n) is 6.29. The Labute approximate surface area is 141 Å². The molecule has 0 unspecified atom stereocenters. The van der Waals surface area contributed by atoms with Crippen LogP contribution in [-0.4, -0.2) is 34.0 Å². The van der Waals surface area contributed by atoms with Crippen LogP contribution < -0.4 is 4.72 Å². The summed E-state index contributed by atoms with van der Waals surface area (Å²) in [5.74, 6) is 0.740. The molecule has 0 saturated carbocycles. The summed E-state index contributed by atoms with van der Waals surface area (Å²) in [5, 5.41) is 0. The molecule has 0 fully saturated rings. The van der Waals surface area contributed by atoms with Crippen molar-refractivity contribution in [2.75, 3.05) is 0 Å². The number of aromatic amines is 1. The van der Waals surface area contributed by atoms with Gasteiger partial charge < -0.3 is 9.55 Å². The Balaban J connectivity index is 2.18. The molecular weight excluding hydrogens is 326 g/mol. The number of aromatic nitrogens is 4. The predicted octanol–water partition coefficient (Wildman–Crippen LogP) is 2.69. The number of H-pyrrole nitrogens is 1. The highest BCUT2D eigenvalue weighted by Crippen LogP contribution is 2.28. The minimum atomic E-state index is -3.55. The molecule has 1 aromatic carbocycles. The average Bonchev–Trinajstić information content (AvgIpc) is 3.12. The lowest BCUT2D eigenvalue weighted by molar-refractivity contribution is 0.570. The molecule has 2 N–H and O–H groups in total. The van der Waals surface area contributed by atoms with Gasteiger partial charge in [-0.1, -0.05) is 0 Å². The molecule has 0 bridgehead atoms. The third-order valence-electron chi connectivity index (χ3n) is 3.62.